The highest BCUT2D eigenvalue weighted by molar-refractivity contribution is 7.98. The molecule has 0 saturated carbocycles. The van der Waals surface area contributed by atoms with Gasteiger partial charge < -0.3 is 0 Å². The molecule has 218 valence electrons. The first-order valence-corrected chi connectivity index (χ1v) is 16.1. The van der Waals surface area contributed by atoms with Crippen LogP contribution in [0.1, 0.15) is 52.5 Å². The molecule has 40 heavy (non-hydrogen) atoms. The van der Waals surface area contributed by atoms with Gasteiger partial charge in [-0.2, -0.15) is 5.10 Å². The van der Waals surface area contributed by atoms with Gasteiger partial charge in [0.25, 0.3) is 0 Å². The van der Waals surface area contributed by atoms with Gasteiger partial charge in [0.2, 0.25) is 5.96 Å². The molecular weight excluding hydrogens is 565 g/mol. The molecule has 10 heteroatoms. The molecule has 0 saturated heterocycles. The Morgan fingerprint density at radius 1 is 1.00 bits per heavy atom. The van der Waals surface area contributed by atoms with Crippen molar-refractivity contribution in [2.75, 3.05) is 18.8 Å². The molecule has 6 nitrogen and oxygen atoms in total. The van der Waals surface area contributed by atoms with Crippen molar-refractivity contribution in [2.45, 2.75) is 51.9 Å². The number of benzene rings is 3. The highest BCUT2D eigenvalue weighted by Crippen LogP contribution is 2.20. The quantitative estimate of drug-likeness (QED) is 0.119. The molecule has 3 aromatic rings. The van der Waals surface area contributed by atoms with Gasteiger partial charge in [-0.3, -0.25) is 14.9 Å². The summed E-state index contributed by atoms with van der Waals surface area (Å²) in [6, 6.07) is 25.8. The third kappa shape index (κ3) is 14.6. The van der Waals surface area contributed by atoms with Gasteiger partial charge in [0.05, 0.1) is 23.2 Å². The van der Waals surface area contributed by atoms with E-state index in [0.717, 1.165) is 35.4 Å². The molecular formula is C30H41ClFN5OS2. The molecule has 0 aliphatic carbocycles. The minimum Gasteiger partial charge on any atom is -0.295 e. The van der Waals surface area contributed by atoms with Gasteiger partial charge in [0.1, 0.15) is 5.82 Å². The lowest BCUT2D eigenvalue weighted by atomic mass is 10.1. The van der Waals surface area contributed by atoms with Crippen molar-refractivity contribution in [3.8, 4) is 0 Å². The van der Waals surface area contributed by atoms with Crippen LogP contribution in [0.25, 0.3) is 0 Å². The van der Waals surface area contributed by atoms with E-state index in [1.807, 2.05) is 93.4 Å². The molecule has 0 amide bonds. The van der Waals surface area contributed by atoms with Gasteiger partial charge in [0, 0.05) is 28.6 Å². The Kier molecular flexibility index (Phi) is 19.4. The molecule has 0 fully saturated rings. The summed E-state index contributed by atoms with van der Waals surface area (Å²) in [5, 5.41) is 12.5. The average molecular weight is 606 g/mol. The zero-order valence-electron chi connectivity index (χ0n) is 23.7. The number of nitrogens with one attached hydrogen (secondary N) is 1. The predicted molar refractivity (Wildman–Crippen MR) is 173 cm³/mol. The number of rotatable bonds is 8. The first-order chi connectivity index (χ1) is 19.5. The Morgan fingerprint density at radius 3 is 2.12 bits per heavy atom. The molecule has 0 aromatic heterocycles. The third-order valence-electron chi connectivity index (χ3n) is 4.98. The number of hydrazone groups is 1. The smallest absolute Gasteiger partial charge is 0.225 e. The number of halogens is 2. The van der Waals surface area contributed by atoms with E-state index >= 15 is 0 Å². The van der Waals surface area contributed by atoms with Crippen LogP contribution >= 0.6 is 23.5 Å². The SMILES string of the molecule is CC.CC.NS(=O)CCCCN=C(NSc1ccc(Cl)cc1)N1CCC(c2ccc(F)cc2)=N1.c1ccccc1. The highest BCUT2D eigenvalue weighted by atomic mass is 35.5. The summed E-state index contributed by atoms with van der Waals surface area (Å²) in [5.41, 5.74) is 1.79. The molecule has 3 aromatic carbocycles. The first-order valence-electron chi connectivity index (χ1n) is 13.5. The molecule has 1 heterocycles. The van der Waals surface area contributed by atoms with E-state index < -0.39 is 11.0 Å². The van der Waals surface area contributed by atoms with Crippen LogP contribution in [0.2, 0.25) is 5.02 Å². The van der Waals surface area contributed by atoms with Crippen molar-refractivity contribution in [1.82, 2.24) is 9.73 Å². The second-order valence-electron chi connectivity index (χ2n) is 7.74. The molecule has 0 bridgehead atoms. The first kappa shape index (κ1) is 35.3. The summed E-state index contributed by atoms with van der Waals surface area (Å²) in [6.45, 7) is 9.24. The van der Waals surface area contributed by atoms with Crippen molar-refractivity contribution in [1.29, 1.82) is 0 Å². The van der Waals surface area contributed by atoms with Crippen molar-refractivity contribution in [3.05, 3.63) is 101 Å². The Morgan fingerprint density at radius 2 is 1.57 bits per heavy atom. The van der Waals surface area contributed by atoms with Crippen LogP contribution in [-0.2, 0) is 11.0 Å². The van der Waals surface area contributed by atoms with Crippen molar-refractivity contribution in [3.63, 3.8) is 0 Å². The molecule has 4 rings (SSSR count). The van der Waals surface area contributed by atoms with Crippen LogP contribution in [0.4, 0.5) is 4.39 Å². The normalized spacial score (nSPS) is 12.9. The summed E-state index contributed by atoms with van der Waals surface area (Å²) in [7, 11) is -1.28. The fourth-order valence-corrected chi connectivity index (χ4v) is 4.42. The van der Waals surface area contributed by atoms with Crippen LogP contribution in [0.3, 0.4) is 0 Å². The molecule has 3 N–H and O–H groups in total. The van der Waals surface area contributed by atoms with Crippen LogP contribution in [0.15, 0.2) is 99.9 Å². The van der Waals surface area contributed by atoms with E-state index in [-0.39, 0.29) is 5.82 Å². The third-order valence-corrected chi connectivity index (χ3v) is 6.71. The number of nitrogens with zero attached hydrogens (tertiary/aromatic N) is 3. The van der Waals surface area contributed by atoms with Crippen LogP contribution in [0, 0.1) is 5.82 Å². The number of unbranched alkanes of at least 4 members (excludes halogenated alkanes) is 1. The lowest BCUT2D eigenvalue weighted by molar-refractivity contribution is 0.478. The second-order valence-corrected chi connectivity index (χ2v) is 10.2. The summed E-state index contributed by atoms with van der Waals surface area (Å²) in [5.74, 6) is 0.839. The van der Waals surface area contributed by atoms with E-state index in [1.165, 1.54) is 24.1 Å². The summed E-state index contributed by atoms with van der Waals surface area (Å²) < 4.78 is 27.5. The Labute approximate surface area is 251 Å². The maximum absolute atomic E-state index is 13.2. The lowest BCUT2D eigenvalue weighted by Gasteiger charge is -2.17. The Bertz CT molecular complexity index is 1120. The minimum atomic E-state index is -1.28. The molecule has 1 atom stereocenters. The fraction of sp³-hybridized carbons (Fsp3) is 0.333. The topological polar surface area (TPSA) is 83.1 Å². The second kappa shape index (κ2) is 22.0. The van der Waals surface area contributed by atoms with Crippen LogP contribution < -0.4 is 9.86 Å². The molecule has 0 spiro atoms. The maximum Gasteiger partial charge on any atom is 0.225 e. The van der Waals surface area contributed by atoms with E-state index in [9.17, 15) is 8.60 Å². The van der Waals surface area contributed by atoms with Gasteiger partial charge in [0.15, 0.2) is 0 Å². The highest BCUT2D eigenvalue weighted by Gasteiger charge is 2.20. The number of aliphatic imine (C=N–C) groups is 1. The fourth-order valence-electron chi connectivity index (χ4n) is 3.15. The van der Waals surface area contributed by atoms with Gasteiger partial charge in [-0.05, 0) is 66.8 Å². The van der Waals surface area contributed by atoms with Gasteiger partial charge in [-0.25, -0.2) is 13.6 Å². The van der Waals surface area contributed by atoms with E-state index in [1.54, 1.807) is 12.1 Å². The van der Waals surface area contributed by atoms with Crippen LogP contribution in [0.5, 0.6) is 0 Å². The number of guanidine groups is 1. The van der Waals surface area contributed by atoms with Gasteiger partial charge >= 0.3 is 0 Å². The summed E-state index contributed by atoms with van der Waals surface area (Å²) in [4.78, 5) is 5.65. The standard InChI is InChI=1S/C20H23ClFN5OS2.C6H6.2C2H6/c21-16-5-9-18(10-6-16)29-26-20(24-12-1-2-14-30(23)28)27-13-11-19(25-27)15-3-7-17(22)8-4-15;1-2-4-6-5-3-1;2*1-2/h3-10H,1-2,11-14,23H2,(H,24,26);1-6H;2*1-2H3. The Hall–Kier alpha value is -2.72. The van der Waals surface area contributed by atoms with Crippen molar-refractivity contribution >= 4 is 46.2 Å². The zero-order chi connectivity index (χ0) is 29.6. The molecule has 1 aliphatic heterocycles. The molecule has 0 radical (unpaired) electrons. The predicted octanol–water partition coefficient (Wildman–Crippen LogP) is 7.68. The Balaban J connectivity index is 0.000000686. The molecule has 1 unspecified atom stereocenters. The average Bonchev–Trinajstić information content (AvgIpc) is 3.49. The molecule has 1 aliphatic rings. The van der Waals surface area contributed by atoms with Gasteiger partial charge in [-0.15, -0.1) is 0 Å². The van der Waals surface area contributed by atoms with E-state index in [2.05, 4.69) is 14.8 Å². The van der Waals surface area contributed by atoms with Crippen molar-refractivity contribution < 1.29 is 8.60 Å². The summed E-state index contributed by atoms with van der Waals surface area (Å²) in [6.07, 6.45) is 2.26. The minimum absolute atomic E-state index is 0.268. The van der Waals surface area contributed by atoms with Crippen molar-refractivity contribution in [2.24, 2.45) is 15.2 Å². The van der Waals surface area contributed by atoms with Crippen LogP contribution in [-0.4, -0.2) is 39.7 Å². The zero-order valence-corrected chi connectivity index (χ0v) is 26.1. The maximum atomic E-state index is 13.2. The number of hydrogen-bond acceptors (Lipinski definition) is 4. The lowest BCUT2D eigenvalue weighted by Crippen LogP contribution is -2.33. The summed E-state index contributed by atoms with van der Waals surface area (Å²) >= 11 is 7.37. The van der Waals surface area contributed by atoms with E-state index in [4.69, 9.17) is 16.7 Å². The number of nitrogens with two attached hydrogens (primary N) is 1. The monoisotopic (exact) mass is 605 g/mol. The number of hydrogen-bond donors (Lipinski definition) is 2. The largest absolute Gasteiger partial charge is 0.295 e. The van der Waals surface area contributed by atoms with E-state index in [0.29, 0.717) is 29.8 Å². The van der Waals surface area contributed by atoms with Gasteiger partial charge in [-0.1, -0.05) is 87.8 Å².